The van der Waals surface area contributed by atoms with Gasteiger partial charge in [0.15, 0.2) is 0 Å². The number of hydrogen-bond acceptors (Lipinski definition) is 2. The minimum absolute atomic E-state index is 0.222. The summed E-state index contributed by atoms with van der Waals surface area (Å²) >= 11 is 0. The molecule has 0 saturated carbocycles. The largest absolute Gasteiger partial charge is 0.508 e. The van der Waals surface area contributed by atoms with Crippen molar-refractivity contribution in [1.82, 2.24) is 5.32 Å². The van der Waals surface area contributed by atoms with Crippen molar-refractivity contribution in [3.05, 3.63) is 65.2 Å². The van der Waals surface area contributed by atoms with Crippen molar-refractivity contribution in [1.29, 1.82) is 0 Å². The summed E-state index contributed by atoms with van der Waals surface area (Å²) in [6.07, 6.45) is 3.15. The molecule has 0 saturated heterocycles. The zero-order valence-electron chi connectivity index (χ0n) is 14.5. The molecule has 0 aliphatic rings. The van der Waals surface area contributed by atoms with Crippen LogP contribution in [0.2, 0.25) is 0 Å². The van der Waals surface area contributed by atoms with Crippen LogP contribution in [0.3, 0.4) is 0 Å². The van der Waals surface area contributed by atoms with Gasteiger partial charge in [-0.25, -0.2) is 0 Å². The monoisotopic (exact) mass is 311 g/mol. The summed E-state index contributed by atoms with van der Waals surface area (Å²) in [4.78, 5) is 0. The highest BCUT2D eigenvalue weighted by Gasteiger charge is 2.18. The number of nitrogens with one attached hydrogen (secondary N) is 1. The van der Waals surface area contributed by atoms with Crippen molar-refractivity contribution in [2.24, 2.45) is 0 Å². The van der Waals surface area contributed by atoms with Crippen LogP contribution in [0.5, 0.6) is 5.75 Å². The first-order chi connectivity index (χ1) is 11.1. The minimum atomic E-state index is 0.222. The number of aromatic hydroxyl groups is 1. The molecular weight excluding hydrogens is 282 g/mol. The number of phenols is 1. The lowest BCUT2D eigenvalue weighted by Gasteiger charge is -2.21. The van der Waals surface area contributed by atoms with Crippen LogP contribution in [-0.2, 0) is 6.42 Å². The zero-order chi connectivity index (χ0) is 16.7. The smallest absolute Gasteiger partial charge is 0.119 e. The molecule has 0 amide bonds. The SMILES string of the molecule is CCCc1ccc(O)c([C@H](CCNC(C)C)c2ccccc2)c1. The van der Waals surface area contributed by atoms with Crippen LogP contribution in [0.1, 0.15) is 56.2 Å². The molecule has 0 aliphatic heterocycles. The van der Waals surface area contributed by atoms with Crippen LogP contribution in [0.15, 0.2) is 48.5 Å². The molecule has 23 heavy (non-hydrogen) atoms. The third-order valence-corrected chi connectivity index (χ3v) is 4.19. The van der Waals surface area contributed by atoms with Crippen LogP contribution >= 0.6 is 0 Å². The molecule has 0 bridgehead atoms. The third kappa shape index (κ3) is 5.11. The Kier molecular flexibility index (Phi) is 6.66. The first kappa shape index (κ1) is 17.6. The Balaban J connectivity index is 2.31. The molecule has 0 aliphatic carbocycles. The summed E-state index contributed by atoms with van der Waals surface area (Å²) in [5.41, 5.74) is 3.62. The van der Waals surface area contributed by atoms with Crippen LogP contribution in [0.25, 0.3) is 0 Å². The number of benzene rings is 2. The van der Waals surface area contributed by atoms with Gasteiger partial charge in [0.1, 0.15) is 5.75 Å². The number of phenolic OH excluding ortho intramolecular Hbond substituents is 1. The summed E-state index contributed by atoms with van der Waals surface area (Å²) in [5, 5.41) is 13.9. The van der Waals surface area contributed by atoms with E-state index in [-0.39, 0.29) is 5.92 Å². The van der Waals surface area contributed by atoms with E-state index in [0.29, 0.717) is 11.8 Å². The summed E-state index contributed by atoms with van der Waals surface area (Å²) in [6, 6.07) is 17.1. The number of hydrogen-bond donors (Lipinski definition) is 2. The Labute approximate surface area is 140 Å². The van der Waals surface area contributed by atoms with E-state index in [2.05, 4.69) is 56.4 Å². The van der Waals surface area contributed by atoms with E-state index in [9.17, 15) is 5.11 Å². The van der Waals surface area contributed by atoms with Crippen molar-refractivity contribution >= 4 is 0 Å². The normalized spacial score (nSPS) is 12.5. The Hall–Kier alpha value is -1.80. The third-order valence-electron chi connectivity index (χ3n) is 4.19. The molecule has 2 heteroatoms. The second-order valence-corrected chi connectivity index (χ2v) is 6.50. The highest BCUT2D eigenvalue weighted by atomic mass is 16.3. The molecule has 2 aromatic carbocycles. The van der Waals surface area contributed by atoms with Crippen molar-refractivity contribution < 1.29 is 5.11 Å². The first-order valence-electron chi connectivity index (χ1n) is 8.72. The average Bonchev–Trinajstić information content (AvgIpc) is 2.55. The van der Waals surface area contributed by atoms with Gasteiger partial charge in [-0.3, -0.25) is 0 Å². The molecule has 0 fully saturated rings. The Bertz CT molecular complexity index is 592. The highest BCUT2D eigenvalue weighted by Crippen LogP contribution is 2.34. The Morgan fingerprint density at radius 3 is 2.43 bits per heavy atom. The maximum absolute atomic E-state index is 10.4. The molecule has 2 aromatic rings. The molecule has 0 spiro atoms. The second-order valence-electron chi connectivity index (χ2n) is 6.50. The molecule has 2 nitrogen and oxygen atoms in total. The van der Waals surface area contributed by atoms with E-state index in [1.807, 2.05) is 18.2 Å². The van der Waals surface area contributed by atoms with E-state index in [1.54, 1.807) is 0 Å². The first-order valence-corrected chi connectivity index (χ1v) is 8.72. The molecule has 0 radical (unpaired) electrons. The van der Waals surface area contributed by atoms with E-state index in [0.717, 1.165) is 31.4 Å². The van der Waals surface area contributed by atoms with Crippen molar-refractivity contribution in [2.75, 3.05) is 6.54 Å². The predicted octanol–water partition coefficient (Wildman–Crippen LogP) is 4.86. The topological polar surface area (TPSA) is 32.3 Å². The Morgan fingerprint density at radius 2 is 1.78 bits per heavy atom. The van der Waals surface area contributed by atoms with Gasteiger partial charge in [0.05, 0.1) is 0 Å². The van der Waals surface area contributed by atoms with Crippen LogP contribution in [-0.4, -0.2) is 17.7 Å². The van der Waals surface area contributed by atoms with Gasteiger partial charge in [0.2, 0.25) is 0 Å². The minimum Gasteiger partial charge on any atom is -0.508 e. The molecule has 0 heterocycles. The molecule has 124 valence electrons. The van der Waals surface area contributed by atoms with Crippen LogP contribution in [0.4, 0.5) is 0 Å². The maximum atomic E-state index is 10.4. The average molecular weight is 311 g/mol. The highest BCUT2D eigenvalue weighted by molar-refractivity contribution is 5.43. The van der Waals surface area contributed by atoms with E-state index >= 15 is 0 Å². The second kappa shape index (κ2) is 8.73. The van der Waals surface area contributed by atoms with Crippen molar-refractivity contribution in [3.8, 4) is 5.75 Å². The fourth-order valence-corrected chi connectivity index (χ4v) is 3.03. The molecule has 0 aromatic heterocycles. The van der Waals surface area contributed by atoms with Crippen molar-refractivity contribution in [2.45, 2.75) is 52.0 Å². The molecule has 1 atom stereocenters. The fraction of sp³-hybridized carbons (Fsp3) is 0.429. The predicted molar refractivity (Wildman–Crippen MR) is 98.1 cm³/mol. The van der Waals surface area contributed by atoms with Gasteiger partial charge in [-0.15, -0.1) is 0 Å². The quantitative estimate of drug-likeness (QED) is 0.729. The molecule has 2 N–H and O–H groups in total. The summed E-state index contributed by atoms with van der Waals surface area (Å²) in [6.45, 7) is 7.45. The van der Waals surface area contributed by atoms with E-state index in [1.165, 1.54) is 11.1 Å². The van der Waals surface area contributed by atoms with E-state index in [4.69, 9.17) is 0 Å². The summed E-state index contributed by atoms with van der Waals surface area (Å²) in [7, 11) is 0. The lowest BCUT2D eigenvalue weighted by atomic mass is 9.86. The fourth-order valence-electron chi connectivity index (χ4n) is 3.03. The standard InChI is InChI=1S/C21H29NO/c1-4-8-17-11-12-21(23)20(15-17)19(13-14-22-16(2)3)18-9-6-5-7-10-18/h5-7,9-12,15-16,19,22-23H,4,8,13-14H2,1-3H3/t19-/m1/s1. The number of rotatable bonds is 8. The van der Waals surface area contributed by atoms with Gasteiger partial charge >= 0.3 is 0 Å². The Morgan fingerprint density at radius 1 is 1.04 bits per heavy atom. The number of aryl methyl sites for hydroxylation is 1. The lowest BCUT2D eigenvalue weighted by Crippen LogP contribution is -2.25. The van der Waals surface area contributed by atoms with Gasteiger partial charge < -0.3 is 10.4 Å². The molecular formula is C21H29NO. The lowest BCUT2D eigenvalue weighted by molar-refractivity contribution is 0.459. The van der Waals surface area contributed by atoms with Crippen LogP contribution in [0, 0.1) is 0 Å². The van der Waals surface area contributed by atoms with Gasteiger partial charge in [-0.05, 0) is 36.6 Å². The molecule has 2 rings (SSSR count). The summed E-state index contributed by atoms with van der Waals surface area (Å²) < 4.78 is 0. The van der Waals surface area contributed by atoms with Gasteiger partial charge in [0.25, 0.3) is 0 Å². The van der Waals surface area contributed by atoms with Crippen LogP contribution < -0.4 is 5.32 Å². The van der Waals surface area contributed by atoms with Crippen molar-refractivity contribution in [3.63, 3.8) is 0 Å². The van der Waals surface area contributed by atoms with E-state index < -0.39 is 0 Å². The summed E-state index contributed by atoms with van der Waals surface area (Å²) in [5.74, 6) is 0.627. The maximum Gasteiger partial charge on any atom is 0.119 e. The van der Waals surface area contributed by atoms with Gasteiger partial charge in [-0.1, -0.05) is 69.7 Å². The van der Waals surface area contributed by atoms with Gasteiger partial charge in [-0.2, -0.15) is 0 Å². The zero-order valence-corrected chi connectivity index (χ0v) is 14.5. The van der Waals surface area contributed by atoms with Gasteiger partial charge in [0, 0.05) is 17.5 Å². The molecule has 0 unspecified atom stereocenters.